The van der Waals surface area contributed by atoms with Gasteiger partial charge in [0.05, 0.1) is 0 Å². The van der Waals surface area contributed by atoms with Crippen LogP contribution in [-0.2, 0) is 11.2 Å². The number of unbranched alkanes of at least 4 members (excludes halogenated alkanes) is 1. The molecule has 0 heterocycles. The van der Waals surface area contributed by atoms with E-state index in [1.807, 2.05) is 45.0 Å². The highest BCUT2D eigenvalue weighted by atomic mass is 32.1. The molecular formula is C22H28N2O2S. The van der Waals surface area contributed by atoms with Crippen LogP contribution < -0.4 is 11.1 Å². The first-order valence-electron chi connectivity index (χ1n) is 9.21. The molecule has 27 heavy (non-hydrogen) atoms. The van der Waals surface area contributed by atoms with Crippen LogP contribution in [-0.4, -0.2) is 23.2 Å². The van der Waals surface area contributed by atoms with E-state index in [1.54, 1.807) is 0 Å². The van der Waals surface area contributed by atoms with E-state index >= 15 is 0 Å². The van der Waals surface area contributed by atoms with Gasteiger partial charge in [-0.05, 0) is 56.7 Å². The quantitative estimate of drug-likeness (QED) is 0.530. The van der Waals surface area contributed by atoms with Gasteiger partial charge in [-0.3, -0.25) is 0 Å². The van der Waals surface area contributed by atoms with Gasteiger partial charge in [0.25, 0.3) is 0 Å². The van der Waals surface area contributed by atoms with E-state index in [9.17, 15) is 4.79 Å². The minimum atomic E-state index is -0.460. The number of ether oxygens (including phenoxy) is 1. The van der Waals surface area contributed by atoms with Gasteiger partial charge < -0.3 is 15.8 Å². The lowest BCUT2D eigenvalue weighted by Gasteiger charge is -2.19. The Morgan fingerprint density at radius 2 is 1.74 bits per heavy atom. The number of amides is 1. The molecule has 4 nitrogen and oxygen atoms in total. The number of carbonyl (C=O) groups excluding carboxylic acids is 1. The molecule has 144 valence electrons. The van der Waals surface area contributed by atoms with E-state index in [4.69, 9.17) is 22.7 Å². The highest BCUT2D eigenvalue weighted by molar-refractivity contribution is 7.80. The second kappa shape index (κ2) is 9.51. The predicted molar refractivity (Wildman–Crippen MR) is 115 cm³/mol. The third-order valence-electron chi connectivity index (χ3n) is 4.02. The van der Waals surface area contributed by atoms with Crippen LogP contribution in [0.4, 0.5) is 4.79 Å². The maximum absolute atomic E-state index is 11.6. The topological polar surface area (TPSA) is 64.3 Å². The second-order valence-electron chi connectivity index (χ2n) is 7.49. The van der Waals surface area contributed by atoms with Crippen molar-refractivity contribution >= 4 is 23.3 Å². The van der Waals surface area contributed by atoms with Crippen molar-refractivity contribution in [2.45, 2.75) is 45.6 Å². The van der Waals surface area contributed by atoms with Gasteiger partial charge in [-0.15, -0.1) is 0 Å². The number of nitrogens with one attached hydrogen (secondary N) is 1. The van der Waals surface area contributed by atoms with Gasteiger partial charge in [-0.2, -0.15) is 0 Å². The number of aryl methyl sites for hydroxylation is 1. The first-order chi connectivity index (χ1) is 12.8. The average molecular weight is 385 g/mol. The molecule has 0 aromatic heterocycles. The zero-order valence-electron chi connectivity index (χ0n) is 16.2. The molecule has 2 rings (SSSR count). The number of thiocarbonyl (C=S) groups is 1. The fourth-order valence-electron chi connectivity index (χ4n) is 2.76. The Bertz CT molecular complexity index is 780. The minimum Gasteiger partial charge on any atom is -0.444 e. The number of carbonyl (C=O) groups is 1. The summed E-state index contributed by atoms with van der Waals surface area (Å²) in [6.45, 7) is 6.19. The van der Waals surface area contributed by atoms with Gasteiger partial charge in [-0.25, -0.2) is 4.79 Å². The molecule has 0 unspecified atom stereocenters. The first kappa shape index (κ1) is 20.9. The van der Waals surface area contributed by atoms with Crippen molar-refractivity contribution in [3.05, 3.63) is 59.7 Å². The standard InChI is InChI=1S/C22H28N2O2S/c1-22(2,3)26-21(25)24-15-7-6-8-16-11-13-17(14-12-16)18-9-4-5-10-19(18)20(23)27/h4-5,9-14H,6-8,15H2,1-3H3,(H2,23,27)(H,24,25). The van der Waals surface area contributed by atoms with Crippen LogP contribution in [0.25, 0.3) is 11.1 Å². The van der Waals surface area contributed by atoms with Crippen LogP contribution in [0.1, 0.15) is 44.7 Å². The molecule has 1 amide bonds. The highest BCUT2D eigenvalue weighted by Crippen LogP contribution is 2.24. The van der Waals surface area contributed by atoms with Crippen molar-refractivity contribution in [1.29, 1.82) is 0 Å². The fraction of sp³-hybridized carbons (Fsp3) is 0.364. The Balaban J connectivity index is 1.82. The summed E-state index contributed by atoms with van der Waals surface area (Å²) >= 11 is 5.14. The van der Waals surface area contributed by atoms with E-state index < -0.39 is 5.60 Å². The van der Waals surface area contributed by atoms with Crippen LogP contribution in [0.5, 0.6) is 0 Å². The fourth-order valence-corrected chi connectivity index (χ4v) is 2.94. The molecule has 0 aliphatic rings. The van der Waals surface area contributed by atoms with Crippen LogP contribution in [0.3, 0.4) is 0 Å². The monoisotopic (exact) mass is 384 g/mol. The number of nitrogens with two attached hydrogens (primary N) is 1. The number of alkyl carbamates (subject to hydrolysis) is 1. The SMILES string of the molecule is CC(C)(C)OC(=O)NCCCCc1ccc(-c2ccccc2C(N)=S)cc1. The molecule has 0 atom stereocenters. The largest absolute Gasteiger partial charge is 0.444 e. The Morgan fingerprint density at radius 3 is 2.37 bits per heavy atom. The van der Waals surface area contributed by atoms with Gasteiger partial charge in [0.15, 0.2) is 0 Å². The van der Waals surface area contributed by atoms with Crippen molar-refractivity contribution in [2.75, 3.05) is 6.54 Å². The summed E-state index contributed by atoms with van der Waals surface area (Å²) in [5.74, 6) is 0. The lowest BCUT2D eigenvalue weighted by atomic mass is 9.97. The third kappa shape index (κ3) is 7.02. The molecule has 0 fully saturated rings. The zero-order valence-corrected chi connectivity index (χ0v) is 17.1. The van der Waals surface area contributed by atoms with Crippen LogP contribution in [0.2, 0.25) is 0 Å². The Labute approximate surface area is 167 Å². The summed E-state index contributed by atoms with van der Waals surface area (Å²) < 4.78 is 5.22. The maximum Gasteiger partial charge on any atom is 0.407 e. The normalized spacial score (nSPS) is 11.1. The molecule has 0 bridgehead atoms. The van der Waals surface area contributed by atoms with Gasteiger partial charge in [-0.1, -0.05) is 60.7 Å². The Morgan fingerprint density at radius 1 is 1.07 bits per heavy atom. The molecule has 5 heteroatoms. The average Bonchev–Trinajstić information content (AvgIpc) is 2.60. The third-order valence-corrected chi connectivity index (χ3v) is 4.24. The predicted octanol–water partition coefficient (Wildman–Crippen LogP) is 4.84. The van der Waals surface area contributed by atoms with E-state index in [-0.39, 0.29) is 6.09 Å². The Kier molecular flexibility index (Phi) is 7.36. The van der Waals surface area contributed by atoms with E-state index in [0.29, 0.717) is 11.5 Å². The minimum absolute atomic E-state index is 0.358. The summed E-state index contributed by atoms with van der Waals surface area (Å²) in [5, 5.41) is 2.79. The van der Waals surface area contributed by atoms with Crippen molar-refractivity contribution < 1.29 is 9.53 Å². The summed E-state index contributed by atoms with van der Waals surface area (Å²) in [6, 6.07) is 16.4. The maximum atomic E-state index is 11.6. The van der Waals surface area contributed by atoms with Crippen molar-refractivity contribution in [2.24, 2.45) is 5.73 Å². The van der Waals surface area contributed by atoms with Gasteiger partial charge in [0, 0.05) is 12.1 Å². The summed E-state index contributed by atoms with van der Waals surface area (Å²) in [5.41, 5.74) is 9.69. The lowest BCUT2D eigenvalue weighted by Crippen LogP contribution is -2.33. The number of rotatable bonds is 7. The van der Waals surface area contributed by atoms with Gasteiger partial charge in [0.2, 0.25) is 0 Å². The number of hydrogen-bond donors (Lipinski definition) is 2. The molecule has 2 aromatic carbocycles. The molecule has 0 saturated heterocycles. The second-order valence-corrected chi connectivity index (χ2v) is 7.93. The molecule has 0 aliphatic carbocycles. The summed E-state index contributed by atoms with van der Waals surface area (Å²) in [6.07, 6.45) is 2.51. The smallest absolute Gasteiger partial charge is 0.407 e. The molecule has 0 saturated carbocycles. The molecule has 2 aromatic rings. The van der Waals surface area contributed by atoms with Crippen LogP contribution in [0.15, 0.2) is 48.5 Å². The molecular weight excluding hydrogens is 356 g/mol. The number of benzene rings is 2. The van der Waals surface area contributed by atoms with Crippen LogP contribution >= 0.6 is 12.2 Å². The van der Waals surface area contributed by atoms with Crippen molar-refractivity contribution in [3.8, 4) is 11.1 Å². The van der Waals surface area contributed by atoms with Crippen LogP contribution in [0, 0.1) is 0 Å². The highest BCUT2D eigenvalue weighted by Gasteiger charge is 2.15. The molecule has 0 spiro atoms. The summed E-state index contributed by atoms with van der Waals surface area (Å²) in [4.78, 5) is 12.0. The molecule has 0 aliphatic heterocycles. The van der Waals surface area contributed by atoms with E-state index in [1.165, 1.54) is 5.56 Å². The lowest BCUT2D eigenvalue weighted by molar-refractivity contribution is 0.0527. The van der Waals surface area contributed by atoms with E-state index in [0.717, 1.165) is 36.0 Å². The molecule has 0 radical (unpaired) electrons. The van der Waals surface area contributed by atoms with Crippen molar-refractivity contribution in [3.63, 3.8) is 0 Å². The van der Waals surface area contributed by atoms with E-state index in [2.05, 4.69) is 29.6 Å². The molecule has 3 N–H and O–H groups in total. The van der Waals surface area contributed by atoms with Gasteiger partial charge in [0.1, 0.15) is 10.6 Å². The summed E-state index contributed by atoms with van der Waals surface area (Å²) in [7, 11) is 0. The van der Waals surface area contributed by atoms with Crippen molar-refractivity contribution in [1.82, 2.24) is 5.32 Å². The number of hydrogen-bond acceptors (Lipinski definition) is 3. The first-order valence-corrected chi connectivity index (χ1v) is 9.62. The zero-order chi connectivity index (χ0) is 19.9. The van der Waals surface area contributed by atoms with Gasteiger partial charge >= 0.3 is 6.09 Å². The Hall–Kier alpha value is -2.40.